The number of hydrogen-bond donors (Lipinski definition) is 0. The summed E-state index contributed by atoms with van der Waals surface area (Å²) in [5.74, 6) is -6.41. The molecule has 0 aliphatic carbocycles. The molecule has 1 fully saturated rings. The molecular weight excluding hydrogens is 392 g/mol. The molecule has 160 valence electrons. The molecule has 2 heterocycles. The van der Waals surface area contributed by atoms with Crippen LogP contribution in [0.3, 0.4) is 0 Å². The number of alkyl halides is 2. The Bertz CT molecular complexity index is 925. The standard InChI is InChI=1S/C22H25F2N3O3/c1-14(2)19(28)22(23,24)21(29)27-12-9-15(10-13-27)20-25-11-8-17(26-20)16-6-4-5-7-18(16)30-3/h4-8,11,14-15H,9-10,12-13H2,1-3H3. The minimum absolute atomic E-state index is 0.0573. The second-order valence-corrected chi connectivity index (χ2v) is 7.66. The average Bonchev–Trinajstić information content (AvgIpc) is 2.78. The van der Waals surface area contributed by atoms with E-state index in [0.717, 1.165) is 10.5 Å². The molecule has 30 heavy (non-hydrogen) atoms. The van der Waals surface area contributed by atoms with Crippen LogP contribution in [0.5, 0.6) is 5.75 Å². The van der Waals surface area contributed by atoms with Crippen molar-refractivity contribution in [3.05, 3.63) is 42.4 Å². The maximum atomic E-state index is 14.2. The number of benzene rings is 1. The molecule has 1 aromatic carbocycles. The molecule has 1 aliphatic rings. The lowest BCUT2D eigenvalue weighted by molar-refractivity contribution is -0.168. The van der Waals surface area contributed by atoms with Crippen LogP contribution in [0.2, 0.25) is 0 Å². The highest BCUT2D eigenvalue weighted by atomic mass is 19.3. The number of nitrogens with zero attached hydrogens (tertiary/aromatic N) is 3. The van der Waals surface area contributed by atoms with E-state index in [4.69, 9.17) is 4.74 Å². The first kappa shape index (κ1) is 21.8. The number of piperidine rings is 1. The van der Waals surface area contributed by atoms with Gasteiger partial charge in [-0.05, 0) is 31.0 Å². The van der Waals surface area contributed by atoms with Crippen LogP contribution in [0.25, 0.3) is 11.3 Å². The van der Waals surface area contributed by atoms with Crippen LogP contribution in [-0.4, -0.2) is 52.7 Å². The number of halogens is 2. The Labute approximate surface area is 174 Å². The summed E-state index contributed by atoms with van der Waals surface area (Å²) in [5.41, 5.74) is 1.55. The van der Waals surface area contributed by atoms with E-state index in [0.29, 0.717) is 30.1 Å². The van der Waals surface area contributed by atoms with Gasteiger partial charge in [0, 0.05) is 36.7 Å². The number of aromatic nitrogens is 2. The maximum absolute atomic E-state index is 14.2. The fraction of sp³-hybridized carbons (Fsp3) is 0.455. The van der Waals surface area contributed by atoms with Crippen molar-refractivity contribution in [1.82, 2.24) is 14.9 Å². The highest BCUT2D eigenvalue weighted by Crippen LogP contribution is 2.32. The Hall–Kier alpha value is -2.90. The topological polar surface area (TPSA) is 72.4 Å². The minimum atomic E-state index is -3.98. The lowest BCUT2D eigenvalue weighted by Gasteiger charge is -2.33. The van der Waals surface area contributed by atoms with Crippen molar-refractivity contribution in [3.63, 3.8) is 0 Å². The summed E-state index contributed by atoms with van der Waals surface area (Å²) < 4.78 is 33.8. The number of ether oxygens (including phenoxy) is 1. The third-order valence-electron chi connectivity index (χ3n) is 5.31. The van der Waals surface area contributed by atoms with E-state index in [-0.39, 0.29) is 19.0 Å². The number of hydrogen-bond acceptors (Lipinski definition) is 5. The molecule has 0 atom stereocenters. The molecule has 0 unspecified atom stereocenters. The van der Waals surface area contributed by atoms with Gasteiger partial charge in [-0.15, -0.1) is 0 Å². The summed E-state index contributed by atoms with van der Waals surface area (Å²) in [6, 6.07) is 9.30. The number of likely N-dealkylation sites (tertiary alicyclic amines) is 1. The Morgan fingerprint density at radius 1 is 1.17 bits per heavy atom. The number of amides is 1. The summed E-state index contributed by atoms with van der Waals surface area (Å²) in [4.78, 5) is 34.0. The lowest BCUT2D eigenvalue weighted by Crippen LogP contribution is -2.51. The Morgan fingerprint density at radius 2 is 1.83 bits per heavy atom. The molecule has 2 aromatic rings. The zero-order valence-electron chi connectivity index (χ0n) is 17.3. The molecule has 1 saturated heterocycles. The molecule has 0 saturated carbocycles. The number of carbonyl (C=O) groups excluding carboxylic acids is 2. The third kappa shape index (κ3) is 4.32. The van der Waals surface area contributed by atoms with E-state index < -0.39 is 23.5 Å². The normalized spacial score (nSPS) is 15.3. The molecular formula is C22H25F2N3O3. The molecule has 0 bridgehead atoms. The summed E-state index contributed by atoms with van der Waals surface area (Å²) in [7, 11) is 1.59. The smallest absolute Gasteiger partial charge is 0.381 e. The van der Waals surface area contributed by atoms with Crippen molar-refractivity contribution in [2.75, 3.05) is 20.2 Å². The van der Waals surface area contributed by atoms with Gasteiger partial charge in [-0.3, -0.25) is 9.59 Å². The Balaban J connectivity index is 1.71. The predicted octanol–water partition coefficient (Wildman–Crippen LogP) is 3.72. The van der Waals surface area contributed by atoms with Gasteiger partial charge in [-0.25, -0.2) is 9.97 Å². The monoisotopic (exact) mass is 417 g/mol. The number of ketones is 1. The second-order valence-electron chi connectivity index (χ2n) is 7.66. The van der Waals surface area contributed by atoms with Gasteiger partial charge >= 0.3 is 11.8 Å². The third-order valence-corrected chi connectivity index (χ3v) is 5.31. The van der Waals surface area contributed by atoms with Crippen LogP contribution < -0.4 is 4.74 Å². The molecule has 0 N–H and O–H groups in total. The van der Waals surface area contributed by atoms with Gasteiger partial charge in [0.25, 0.3) is 0 Å². The van der Waals surface area contributed by atoms with Gasteiger partial charge in [0.2, 0.25) is 5.78 Å². The highest BCUT2D eigenvalue weighted by Gasteiger charge is 2.50. The van der Waals surface area contributed by atoms with E-state index in [1.54, 1.807) is 19.4 Å². The molecule has 1 amide bonds. The van der Waals surface area contributed by atoms with Gasteiger partial charge < -0.3 is 9.64 Å². The number of para-hydroxylation sites is 1. The number of Topliss-reactive ketones (excluding diaryl/α,β-unsaturated/α-hetero) is 1. The van der Waals surface area contributed by atoms with Gasteiger partial charge in [-0.1, -0.05) is 26.0 Å². The van der Waals surface area contributed by atoms with Gasteiger partial charge in [0.15, 0.2) is 0 Å². The first-order chi connectivity index (χ1) is 14.3. The molecule has 1 aliphatic heterocycles. The predicted molar refractivity (Wildman–Crippen MR) is 107 cm³/mol. The maximum Gasteiger partial charge on any atom is 0.381 e. The molecule has 3 rings (SSSR count). The summed E-state index contributed by atoms with van der Waals surface area (Å²) in [6.07, 6.45) is 2.57. The number of methoxy groups -OCH3 is 1. The zero-order valence-corrected chi connectivity index (χ0v) is 17.3. The van der Waals surface area contributed by atoms with Crippen molar-refractivity contribution in [2.24, 2.45) is 5.92 Å². The SMILES string of the molecule is COc1ccccc1-c1ccnc(C2CCN(C(=O)C(F)(F)C(=O)C(C)C)CC2)n1. The summed E-state index contributed by atoms with van der Waals surface area (Å²) in [5, 5.41) is 0. The van der Waals surface area contributed by atoms with Crippen LogP contribution in [0.1, 0.15) is 38.4 Å². The van der Waals surface area contributed by atoms with Gasteiger partial charge in [0.1, 0.15) is 11.6 Å². The first-order valence-electron chi connectivity index (χ1n) is 9.93. The molecule has 8 heteroatoms. The molecule has 0 radical (unpaired) electrons. The Morgan fingerprint density at radius 3 is 2.47 bits per heavy atom. The van der Waals surface area contributed by atoms with E-state index in [9.17, 15) is 18.4 Å². The second kappa shape index (κ2) is 8.85. The summed E-state index contributed by atoms with van der Waals surface area (Å²) >= 11 is 0. The molecule has 1 aromatic heterocycles. The molecule has 6 nitrogen and oxygen atoms in total. The van der Waals surface area contributed by atoms with Crippen molar-refractivity contribution in [2.45, 2.75) is 38.5 Å². The van der Waals surface area contributed by atoms with Crippen LogP contribution in [0, 0.1) is 5.92 Å². The van der Waals surface area contributed by atoms with E-state index in [2.05, 4.69) is 9.97 Å². The van der Waals surface area contributed by atoms with Crippen LogP contribution in [0.4, 0.5) is 8.78 Å². The van der Waals surface area contributed by atoms with Crippen LogP contribution >= 0.6 is 0 Å². The quantitative estimate of drug-likeness (QED) is 0.670. The van der Waals surface area contributed by atoms with Gasteiger partial charge in [-0.2, -0.15) is 8.78 Å². The highest BCUT2D eigenvalue weighted by molar-refractivity contribution is 6.08. The van der Waals surface area contributed by atoms with Crippen molar-refractivity contribution >= 4 is 11.7 Å². The van der Waals surface area contributed by atoms with Gasteiger partial charge in [0.05, 0.1) is 12.8 Å². The lowest BCUT2D eigenvalue weighted by atomic mass is 9.94. The average molecular weight is 417 g/mol. The van der Waals surface area contributed by atoms with Crippen molar-refractivity contribution in [1.29, 1.82) is 0 Å². The van der Waals surface area contributed by atoms with Crippen molar-refractivity contribution < 1.29 is 23.1 Å². The molecule has 0 spiro atoms. The zero-order chi connectivity index (χ0) is 21.9. The summed E-state index contributed by atoms with van der Waals surface area (Å²) in [6.45, 7) is 2.99. The largest absolute Gasteiger partial charge is 0.496 e. The van der Waals surface area contributed by atoms with E-state index in [1.807, 2.05) is 24.3 Å². The number of carbonyl (C=O) groups is 2. The fourth-order valence-electron chi connectivity index (χ4n) is 3.58. The Kier molecular flexibility index (Phi) is 6.43. The van der Waals surface area contributed by atoms with Crippen LogP contribution in [-0.2, 0) is 9.59 Å². The minimum Gasteiger partial charge on any atom is -0.496 e. The van der Waals surface area contributed by atoms with Crippen LogP contribution in [0.15, 0.2) is 36.5 Å². The van der Waals surface area contributed by atoms with E-state index >= 15 is 0 Å². The fourth-order valence-corrected chi connectivity index (χ4v) is 3.58. The number of rotatable bonds is 6. The first-order valence-corrected chi connectivity index (χ1v) is 9.93. The van der Waals surface area contributed by atoms with E-state index in [1.165, 1.54) is 13.8 Å². The van der Waals surface area contributed by atoms with Crippen molar-refractivity contribution in [3.8, 4) is 17.0 Å².